The van der Waals surface area contributed by atoms with Crippen molar-refractivity contribution in [1.29, 1.82) is 5.26 Å². The molecule has 0 saturated carbocycles. The Morgan fingerprint density at radius 1 is 1.20 bits per heavy atom. The molecule has 0 spiro atoms. The van der Waals surface area contributed by atoms with E-state index in [1.54, 1.807) is 42.7 Å². The Morgan fingerprint density at radius 2 is 2.05 bits per heavy atom. The van der Waals surface area contributed by atoms with E-state index < -0.39 is 0 Å². The molecule has 96 valence electrons. The lowest BCUT2D eigenvalue weighted by atomic mass is 10.1. The van der Waals surface area contributed by atoms with E-state index in [0.29, 0.717) is 22.3 Å². The fourth-order valence-corrected chi connectivity index (χ4v) is 2.03. The molecule has 3 rings (SSSR count). The number of aromatic amines is 1. The van der Waals surface area contributed by atoms with Crippen molar-refractivity contribution < 1.29 is 4.79 Å². The van der Waals surface area contributed by atoms with Crippen molar-refractivity contribution in [1.82, 2.24) is 9.97 Å². The lowest BCUT2D eigenvalue weighted by molar-refractivity contribution is 0.102. The highest BCUT2D eigenvalue weighted by atomic mass is 16.1. The normalized spacial score (nSPS) is 10.2. The predicted molar refractivity (Wildman–Crippen MR) is 75.2 cm³/mol. The summed E-state index contributed by atoms with van der Waals surface area (Å²) in [4.78, 5) is 19.4. The number of nitrogens with one attached hydrogen (secondary N) is 2. The first-order valence-electron chi connectivity index (χ1n) is 6.02. The van der Waals surface area contributed by atoms with Crippen LogP contribution in [-0.2, 0) is 0 Å². The number of para-hydroxylation sites is 2. The summed E-state index contributed by atoms with van der Waals surface area (Å²) in [7, 11) is 0. The average Bonchev–Trinajstić information content (AvgIpc) is 2.96. The van der Waals surface area contributed by atoms with Crippen LogP contribution >= 0.6 is 0 Å². The minimum atomic E-state index is -0.287. The number of hydrogen-bond donors (Lipinski definition) is 2. The second-order valence-corrected chi connectivity index (χ2v) is 4.22. The molecule has 0 aliphatic carbocycles. The zero-order valence-corrected chi connectivity index (χ0v) is 10.4. The average molecular weight is 262 g/mol. The number of benzene rings is 2. The molecule has 1 amide bonds. The van der Waals surface area contributed by atoms with Gasteiger partial charge in [-0.25, -0.2) is 4.98 Å². The molecule has 0 atom stereocenters. The molecule has 0 bridgehead atoms. The Balaban J connectivity index is 1.98. The second kappa shape index (κ2) is 4.86. The summed E-state index contributed by atoms with van der Waals surface area (Å²) in [6.45, 7) is 0. The number of amides is 1. The van der Waals surface area contributed by atoms with E-state index in [2.05, 4.69) is 15.3 Å². The molecule has 5 nitrogen and oxygen atoms in total. The maximum Gasteiger partial charge on any atom is 0.257 e. The molecular weight excluding hydrogens is 252 g/mol. The highest BCUT2D eigenvalue weighted by molar-refractivity contribution is 6.11. The molecule has 1 heterocycles. The van der Waals surface area contributed by atoms with Gasteiger partial charge in [-0.05, 0) is 24.3 Å². The summed E-state index contributed by atoms with van der Waals surface area (Å²) < 4.78 is 0. The van der Waals surface area contributed by atoms with E-state index in [1.165, 1.54) is 0 Å². The molecule has 0 radical (unpaired) electrons. The van der Waals surface area contributed by atoms with E-state index in [4.69, 9.17) is 5.26 Å². The minimum absolute atomic E-state index is 0.287. The minimum Gasteiger partial charge on any atom is -0.345 e. The van der Waals surface area contributed by atoms with Crippen molar-refractivity contribution in [3.63, 3.8) is 0 Å². The molecule has 2 N–H and O–H groups in total. The van der Waals surface area contributed by atoms with Crippen LogP contribution in [0.5, 0.6) is 0 Å². The van der Waals surface area contributed by atoms with Gasteiger partial charge in [-0.2, -0.15) is 5.26 Å². The lowest BCUT2D eigenvalue weighted by Crippen LogP contribution is -2.13. The van der Waals surface area contributed by atoms with E-state index in [0.717, 1.165) is 5.52 Å². The van der Waals surface area contributed by atoms with E-state index >= 15 is 0 Å². The molecule has 0 saturated heterocycles. The first-order valence-corrected chi connectivity index (χ1v) is 6.02. The van der Waals surface area contributed by atoms with Crippen LogP contribution in [0.1, 0.15) is 15.9 Å². The number of rotatable bonds is 2. The van der Waals surface area contributed by atoms with E-state index in [1.807, 2.05) is 12.1 Å². The number of hydrogen-bond acceptors (Lipinski definition) is 3. The van der Waals surface area contributed by atoms with Crippen LogP contribution < -0.4 is 5.32 Å². The maximum atomic E-state index is 12.3. The predicted octanol–water partition coefficient (Wildman–Crippen LogP) is 2.69. The molecule has 3 aromatic rings. The standard InChI is InChI=1S/C15H10N4O/c16-8-10-4-1-2-6-12(10)19-15(20)11-5-3-7-13-14(11)18-9-17-13/h1-7,9H,(H,17,18)(H,19,20). The Morgan fingerprint density at radius 3 is 2.90 bits per heavy atom. The fraction of sp³-hybridized carbons (Fsp3) is 0. The molecule has 5 heteroatoms. The summed E-state index contributed by atoms with van der Waals surface area (Å²) in [6, 6.07) is 14.3. The number of fused-ring (bicyclic) bond motifs is 1. The molecule has 0 aliphatic rings. The van der Waals surface area contributed by atoms with Crippen LogP contribution in [0, 0.1) is 11.3 Å². The number of aromatic nitrogens is 2. The summed E-state index contributed by atoms with van der Waals surface area (Å²) >= 11 is 0. The van der Waals surface area contributed by atoms with Crippen molar-refractivity contribution in [3.8, 4) is 6.07 Å². The number of nitrogens with zero attached hydrogens (tertiary/aromatic N) is 2. The van der Waals surface area contributed by atoms with Gasteiger partial charge in [-0.3, -0.25) is 4.79 Å². The van der Waals surface area contributed by atoms with Gasteiger partial charge in [0.05, 0.1) is 28.7 Å². The topological polar surface area (TPSA) is 81.6 Å². The largest absolute Gasteiger partial charge is 0.345 e. The van der Waals surface area contributed by atoms with E-state index in [-0.39, 0.29) is 5.91 Å². The first-order chi connectivity index (χ1) is 9.79. The number of nitriles is 1. The summed E-state index contributed by atoms with van der Waals surface area (Å²) in [5.74, 6) is -0.287. The van der Waals surface area contributed by atoms with Gasteiger partial charge in [0.2, 0.25) is 0 Å². The Hall–Kier alpha value is -3.13. The summed E-state index contributed by atoms with van der Waals surface area (Å²) in [5, 5.41) is 11.8. The molecule has 1 aromatic heterocycles. The van der Waals surface area contributed by atoms with Gasteiger partial charge >= 0.3 is 0 Å². The van der Waals surface area contributed by atoms with Gasteiger partial charge in [0.15, 0.2) is 0 Å². The summed E-state index contributed by atoms with van der Waals surface area (Å²) in [5.41, 5.74) is 2.80. The van der Waals surface area contributed by atoms with Crippen molar-refractivity contribution in [2.45, 2.75) is 0 Å². The van der Waals surface area contributed by atoms with Gasteiger partial charge in [0, 0.05) is 0 Å². The molecule has 0 aliphatic heterocycles. The Bertz CT molecular complexity index is 829. The number of imidazole rings is 1. The van der Waals surface area contributed by atoms with Crippen LogP contribution in [-0.4, -0.2) is 15.9 Å². The SMILES string of the molecule is N#Cc1ccccc1NC(=O)c1cccc2[nH]cnc12. The quantitative estimate of drug-likeness (QED) is 0.745. The molecule has 0 unspecified atom stereocenters. The first kappa shape index (κ1) is 11.9. The third-order valence-electron chi connectivity index (χ3n) is 2.99. The van der Waals surface area contributed by atoms with Crippen molar-refractivity contribution in [2.24, 2.45) is 0 Å². The van der Waals surface area contributed by atoms with Gasteiger partial charge in [-0.1, -0.05) is 18.2 Å². The molecule has 0 fully saturated rings. The van der Waals surface area contributed by atoms with Gasteiger partial charge < -0.3 is 10.3 Å². The van der Waals surface area contributed by atoms with Crippen LogP contribution in [0.3, 0.4) is 0 Å². The van der Waals surface area contributed by atoms with Crippen molar-refractivity contribution in [3.05, 3.63) is 59.9 Å². The number of carbonyl (C=O) groups is 1. The summed E-state index contributed by atoms with van der Waals surface area (Å²) in [6.07, 6.45) is 1.55. The van der Waals surface area contributed by atoms with E-state index in [9.17, 15) is 4.79 Å². The zero-order valence-electron chi connectivity index (χ0n) is 10.4. The zero-order chi connectivity index (χ0) is 13.9. The van der Waals surface area contributed by atoms with Crippen molar-refractivity contribution in [2.75, 3.05) is 5.32 Å². The van der Waals surface area contributed by atoms with Crippen molar-refractivity contribution >= 4 is 22.6 Å². The smallest absolute Gasteiger partial charge is 0.257 e. The fourth-order valence-electron chi connectivity index (χ4n) is 2.03. The molecular formula is C15H10N4O. The lowest BCUT2D eigenvalue weighted by Gasteiger charge is -2.07. The van der Waals surface area contributed by atoms with Crippen LogP contribution in [0.2, 0.25) is 0 Å². The second-order valence-electron chi connectivity index (χ2n) is 4.22. The monoisotopic (exact) mass is 262 g/mol. The third-order valence-corrected chi connectivity index (χ3v) is 2.99. The van der Waals surface area contributed by atoms with Crippen LogP contribution in [0.4, 0.5) is 5.69 Å². The number of carbonyl (C=O) groups excluding carboxylic acids is 1. The van der Waals surface area contributed by atoms with Crippen LogP contribution in [0.25, 0.3) is 11.0 Å². The van der Waals surface area contributed by atoms with Gasteiger partial charge in [-0.15, -0.1) is 0 Å². The van der Waals surface area contributed by atoms with Crippen LogP contribution in [0.15, 0.2) is 48.8 Å². The van der Waals surface area contributed by atoms with Gasteiger partial charge in [0.25, 0.3) is 5.91 Å². The van der Waals surface area contributed by atoms with Gasteiger partial charge in [0.1, 0.15) is 11.6 Å². The number of anilines is 1. The third kappa shape index (κ3) is 1.99. The maximum absolute atomic E-state index is 12.3. The number of H-pyrrole nitrogens is 1. The highest BCUT2D eigenvalue weighted by Gasteiger charge is 2.13. The Kier molecular flexibility index (Phi) is 2.90. The molecule has 2 aromatic carbocycles. The Labute approximate surface area is 114 Å². The highest BCUT2D eigenvalue weighted by Crippen LogP contribution is 2.18. The molecule has 20 heavy (non-hydrogen) atoms.